The number of rotatable bonds is 6. The zero-order valence-electron chi connectivity index (χ0n) is 15.3. The van der Waals surface area contributed by atoms with Crippen LogP contribution in [-0.4, -0.2) is 25.5 Å². The Morgan fingerprint density at radius 1 is 1.26 bits per heavy atom. The fourth-order valence-electron chi connectivity index (χ4n) is 3.05. The highest BCUT2D eigenvalue weighted by Crippen LogP contribution is 2.27. The fraction of sp³-hybridized carbons (Fsp3) is 0.444. The van der Waals surface area contributed by atoms with E-state index in [4.69, 9.17) is 4.52 Å². The number of carbonyl (C=O) groups excluding carboxylic acids is 1. The van der Waals surface area contributed by atoms with Gasteiger partial charge in [0.05, 0.1) is 0 Å². The predicted octanol–water partition coefficient (Wildman–Crippen LogP) is 3.78. The van der Waals surface area contributed by atoms with Crippen molar-refractivity contribution < 1.29 is 17.7 Å². The Balaban J connectivity index is 1.72. The fourth-order valence-corrected chi connectivity index (χ4v) is 5.60. The maximum absolute atomic E-state index is 12.6. The third-order valence-electron chi connectivity index (χ3n) is 4.38. The Morgan fingerprint density at radius 3 is 2.70 bits per heavy atom. The molecule has 1 aliphatic rings. The Labute approximate surface area is 162 Å². The number of aryl methyl sites for hydroxylation is 1. The van der Waals surface area contributed by atoms with Gasteiger partial charge >= 0.3 is 0 Å². The van der Waals surface area contributed by atoms with Crippen LogP contribution in [0.25, 0.3) is 12.2 Å². The first-order chi connectivity index (χ1) is 12.8. The number of thiophene rings is 1. The molecular weight excluding hydrogens is 386 g/mol. The average molecular weight is 410 g/mol. The van der Waals surface area contributed by atoms with Crippen molar-refractivity contribution in [3.05, 3.63) is 28.5 Å². The Hall–Kier alpha value is -1.97. The monoisotopic (exact) mass is 409 g/mol. The van der Waals surface area contributed by atoms with E-state index in [2.05, 4.69) is 15.2 Å². The number of nitrogens with one attached hydrogen (secondary N) is 2. The highest BCUT2D eigenvalue weighted by atomic mass is 32.2. The standard InChI is InChI=1S/C18H23N3O4S2/c1-12-18(19-13(2)22)16(25-20-12)10-8-15-9-11-17(26-15)27(23,24)21-14-6-4-3-5-7-14/h8-11,14,21H,3-7H2,1-2H3,(H,19,22). The van der Waals surface area contributed by atoms with Crippen LogP contribution >= 0.6 is 11.3 Å². The zero-order chi connectivity index (χ0) is 19.4. The van der Waals surface area contributed by atoms with E-state index in [9.17, 15) is 13.2 Å². The van der Waals surface area contributed by atoms with Crippen LogP contribution in [0.2, 0.25) is 0 Å². The van der Waals surface area contributed by atoms with Gasteiger partial charge in [-0.15, -0.1) is 11.3 Å². The van der Waals surface area contributed by atoms with Crippen LogP contribution in [0.1, 0.15) is 55.4 Å². The summed E-state index contributed by atoms with van der Waals surface area (Å²) in [4.78, 5) is 12.1. The second kappa shape index (κ2) is 8.37. The molecule has 1 amide bonds. The van der Waals surface area contributed by atoms with Crippen LogP contribution in [0.15, 0.2) is 20.9 Å². The summed E-state index contributed by atoms with van der Waals surface area (Å²) in [6.45, 7) is 3.15. The first-order valence-electron chi connectivity index (χ1n) is 8.89. The molecule has 2 N–H and O–H groups in total. The van der Waals surface area contributed by atoms with Gasteiger partial charge in [0.2, 0.25) is 15.9 Å². The molecule has 3 rings (SSSR count). The van der Waals surface area contributed by atoms with Crippen LogP contribution < -0.4 is 10.0 Å². The van der Waals surface area contributed by atoms with Gasteiger partial charge in [-0.05, 0) is 44.1 Å². The van der Waals surface area contributed by atoms with E-state index in [0.717, 1.165) is 30.6 Å². The van der Waals surface area contributed by atoms with E-state index >= 15 is 0 Å². The summed E-state index contributed by atoms with van der Waals surface area (Å²) in [6.07, 6.45) is 8.52. The van der Waals surface area contributed by atoms with Gasteiger partial charge in [-0.1, -0.05) is 24.4 Å². The minimum Gasteiger partial charge on any atom is -0.354 e. The van der Waals surface area contributed by atoms with Crippen LogP contribution in [0, 0.1) is 6.92 Å². The molecule has 0 aromatic carbocycles. The first kappa shape index (κ1) is 19.8. The number of anilines is 1. The largest absolute Gasteiger partial charge is 0.354 e. The van der Waals surface area contributed by atoms with Crippen molar-refractivity contribution in [1.82, 2.24) is 9.88 Å². The Kier molecular flexibility index (Phi) is 6.13. The van der Waals surface area contributed by atoms with E-state index in [0.29, 0.717) is 21.4 Å². The summed E-state index contributed by atoms with van der Waals surface area (Å²) >= 11 is 1.19. The van der Waals surface area contributed by atoms with Crippen LogP contribution in [-0.2, 0) is 14.8 Å². The summed E-state index contributed by atoms with van der Waals surface area (Å²) in [5.74, 6) is 0.204. The van der Waals surface area contributed by atoms with Gasteiger partial charge in [0.1, 0.15) is 15.6 Å². The van der Waals surface area contributed by atoms with Crippen molar-refractivity contribution in [2.75, 3.05) is 5.32 Å². The van der Waals surface area contributed by atoms with Crippen molar-refractivity contribution in [1.29, 1.82) is 0 Å². The molecular formula is C18H23N3O4S2. The number of amides is 1. The number of aromatic nitrogens is 1. The lowest BCUT2D eigenvalue weighted by Gasteiger charge is -2.22. The molecule has 9 heteroatoms. The van der Waals surface area contributed by atoms with Crippen molar-refractivity contribution >= 4 is 45.1 Å². The van der Waals surface area contributed by atoms with E-state index in [-0.39, 0.29) is 11.9 Å². The molecule has 2 aromatic heterocycles. The van der Waals surface area contributed by atoms with Crippen molar-refractivity contribution in [2.24, 2.45) is 0 Å². The topological polar surface area (TPSA) is 101 Å². The van der Waals surface area contributed by atoms with Crippen molar-refractivity contribution in [3.8, 4) is 0 Å². The minimum absolute atomic E-state index is 0.0298. The van der Waals surface area contributed by atoms with E-state index in [1.165, 1.54) is 24.7 Å². The number of nitrogens with zero attached hydrogens (tertiary/aromatic N) is 1. The molecule has 27 heavy (non-hydrogen) atoms. The second-order valence-electron chi connectivity index (χ2n) is 6.63. The molecule has 0 aliphatic heterocycles. The van der Waals surface area contributed by atoms with Crippen LogP contribution in [0.5, 0.6) is 0 Å². The van der Waals surface area contributed by atoms with Crippen molar-refractivity contribution in [2.45, 2.75) is 56.2 Å². The highest BCUT2D eigenvalue weighted by Gasteiger charge is 2.23. The molecule has 0 atom stereocenters. The third-order valence-corrected chi connectivity index (χ3v) is 7.45. The smallest absolute Gasteiger partial charge is 0.250 e. The maximum Gasteiger partial charge on any atom is 0.250 e. The summed E-state index contributed by atoms with van der Waals surface area (Å²) in [6, 6.07) is 3.38. The van der Waals surface area contributed by atoms with Crippen LogP contribution in [0.4, 0.5) is 5.69 Å². The predicted molar refractivity (Wildman–Crippen MR) is 106 cm³/mol. The summed E-state index contributed by atoms with van der Waals surface area (Å²) in [5, 5.41) is 6.53. The van der Waals surface area contributed by atoms with E-state index in [1.807, 2.05) is 0 Å². The molecule has 0 radical (unpaired) electrons. The molecule has 1 aliphatic carbocycles. The second-order valence-corrected chi connectivity index (χ2v) is 9.69. The molecule has 146 valence electrons. The minimum atomic E-state index is -3.50. The summed E-state index contributed by atoms with van der Waals surface area (Å²) < 4.78 is 33.5. The van der Waals surface area contributed by atoms with Gasteiger partial charge in [-0.25, -0.2) is 13.1 Å². The molecule has 2 heterocycles. The Morgan fingerprint density at radius 2 is 2.00 bits per heavy atom. The normalized spacial score (nSPS) is 16.1. The summed E-state index contributed by atoms with van der Waals surface area (Å²) in [7, 11) is -3.50. The zero-order valence-corrected chi connectivity index (χ0v) is 17.0. The lowest BCUT2D eigenvalue weighted by molar-refractivity contribution is -0.114. The highest BCUT2D eigenvalue weighted by molar-refractivity contribution is 7.91. The third kappa shape index (κ3) is 5.06. The van der Waals surface area contributed by atoms with Gasteiger partial charge in [0, 0.05) is 17.8 Å². The van der Waals surface area contributed by atoms with Gasteiger partial charge in [-0.3, -0.25) is 4.79 Å². The average Bonchev–Trinajstić information content (AvgIpc) is 3.22. The van der Waals surface area contributed by atoms with Crippen LogP contribution in [0.3, 0.4) is 0 Å². The van der Waals surface area contributed by atoms with Gasteiger partial charge in [0.15, 0.2) is 5.76 Å². The maximum atomic E-state index is 12.6. The molecule has 0 unspecified atom stereocenters. The molecule has 1 saturated carbocycles. The van der Waals surface area contributed by atoms with E-state index < -0.39 is 10.0 Å². The van der Waals surface area contributed by atoms with Gasteiger partial charge in [0.25, 0.3) is 0 Å². The lowest BCUT2D eigenvalue weighted by atomic mass is 9.96. The Bertz CT molecular complexity index is 938. The molecule has 0 spiro atoms. The van der Waals surface area contributed by atoms with Gasteiger partial charge < -0.3 is 9.84 Å². The quantitative estimate of drug-likeness (QED) is 0.756. The summed E-state index contributed by atoms with van der Waals surface area (Å²) in [5.41, 5.74) is 1.10. The molecule has 0 bridgehead atoms. The number of hydrogen-bond donors (Lipinski definition) is 2. The van der Waals surface area contributed by atoms with Gasteiger partial charge in [-0.2, -0.15) is 0 Å². The number of carbonyl (C=O) groups is 1. The number of hydrogen-bond acceptors (Lipinski definition) is 6. The molecule has 7 nitrogen and oxygen atoms in total. The molecule has 2 aromatic rings. The molecule has 1 fully saturated rings. The van der Waals surface area contributed by atoms with Crippen molar-refractivity contribution in [3.63, 3.8) is 0 Å². The van der Waals surface area contributed by atoms with E-state index in [1.54, 1.807) is 31.2 Å². The SMILES string of the molecule is CC(=O)Nc1c(C)noc1C=Cc1ccc(S(=O)(=O)NC2CCCCC2)s1. The molecule has 0 saturated heterocycles. The number of sulfonamides is 1. The lowest BCUT2D eigenvalue weighted by Crippen LogP contribution is -2.35. The first-order valence-corrected chi connectivity index (χ1v) is 11.2.